The van der Waals surface area contributed by atoms with Crippen molar-refractivity contribution >= 4 is 16.0 Å². The summed E-state index contributed by atoms with van der Waals surface area (Å²) in [5, 5.41) is 4.82. The van der Waals surface area contributed by atoms with E-state index in [4.69, 9.17) is 14.6 Å². The van der Waals surface area contributed by atoms with Crippen LogP contribution in [0.4, 0.5) is 8.78 Å². The van der Waals surface area contributed by atoms with Crippen molar-refractivity contribution in [2.45, 2.75) is 17.4 Å². The molecule has 1 aliphatic rings. The first-order chi connectivity index (χ1) is 9.29. The Morgan fingerprint density at radius 3 is 2.65 bits per heavy atom. The molecule has 0 aromatic heterocycles. The first-order valence-corrected chi connectivity index (χ1v) is 7.14. The first-order valence-electron chi connectivity index (χ1n) is 5.59. The number of hydrogen-bond acceptors (Lipinski definition) is 5. The smallest absolute Gasteiger partial charge is 0.341 e. The van der Waals surface area contributed by atoms with Gasteiger partial charge in [0, 0.05) is 6.42 Å². The topological polar surface area (TPSA) is 95.7 Å². The molecule has 1 fully saturated rings. The third-order valence-corrected chi connectivity index (χ3v) is 3.60. The first kappa shape index (κ1) is 14.8. The zero-order valence-corrected chi connectivity index (χ0v) is 11.0. The molecule has 0 saturated carbocycles. The van der Waals surface area contributed by atoms with Gasteiger partial charge in [-0.3, -0.25) is 0 Å². The summed E-state index contributed by atoms with van der Waals surface area (Å²) in [7, 11) is -4.26. The van der Waals surface area contributed by atoms with Gasteiger partial charge in [-0.25, -0.2) is 27.1 Å². The van der Waals surface area contributed by atoms with Crippen molar-refractivity contribution in [1.82, 2.24) is 0 Å². The lowest BCUT2D eigenvalue weighted by molar-refractivity contribution is 0.0264. The molecule has 9 heteroatoms. The number of sulfonamides is 1. The van der Waals surface area contributed by atoms with Crippen molar-refractivity contribution in [3.8, 4) is 0 Å². The molecule has 1 atom stereocenters. The molecule has 0 aliphatic carbocycles. The Morgan fingerprint density at radius 2 is 2.10 bits per heavy atom. The zero-order valence-electron chi connectivity index (χ0n) is 10.1. The van der Waals surface area contributed by atoms with Crippen LogP contribution in [0.25, 0.3) is 0 Å². The zero-order chi connectivity index (χ0) is 14.9. The van der Waals surface area contributed by atoms with Gasteiger partial charge >= 0.3 is 5.97 Å². The van der Waals surface area contributed by atoms with Gasteiger partial charge < -0.3 is 9.47 Å². The lowest BCUT2D eigenvalue weighted by atomic mass is 10.2. The average molecular weight is 307 g/mol. The van der Waals surface area contributed by atoms with Gasteiger partial charge in [0.25, 0.3) is 0 Å². The van der Waals surface area contributed by atoms with E-state index in [1.165, 1.54) is 0 Å². The van der Waals surface area contributed by atoms with Crippen molar-refractivity contribution in [3.05, 3.63) is 29.3 Å². The van der Waals surface area contributed by atoms with Crippen LogP contribution in [0.5, 0.6) is 0 Å². The molecule has 1 aromatic rings. The minimum absolute atomic E-state index is 0.157. The number of benzene rings is 1. The van der Waals surface area contributed by atoms with Gasteiger partial charge in [0.05, 0.1) is 23.7 Å². The van der Waals surface area contributed by atoms with Crippen LogP contribution in [0, 0.1) is 11.6 Å². The number of ether oxygens (including phenoxy) is 2. The quantitative estimate of drug-likeness (QED) is 0.823. The molecule has 1 aromatic carbocycles. The Labute approximate surface area is 113 Å². The second-order valence-electron chi connectivity index (χ2n) is 4.20. The molecule has 1 unspecified atom stereocenters. The maximum absolute atomic E-state index is 13.6. The monoisotopic (exact) mass is 307 g/mol. The largest absolute Gasteiger partial charge is 0.456 e. The van der Waals surface area contributed by atoms with Crippen LogP contribution in [0.1, 0.15) is 16.8 Å². The molecule has 20 heavy (non-hydrogen) atoms. The molecule has 0 bridgehead atoms. The van der Waals surface area contributed by atoms with Crippen molar-refractivity contribution in [2.24, 2.45) is 5.14 Å². The summed E-state index contributed by atoms with van der Waals surface area (Å²) in [6.45, 7) is 0.552. The lowest BCUT2D eigenvalue weighted by Crippen LogP contribution is -2.20. The van der Waals surface area contributed by atoms with Crippen LogP contribution in [-0.2, 0) is 19.5 Å². The van der Waals surface area contributed by atoms with Crippen LogP contribution in [0.3, 0.4) is 0 Å². The van der Waals surface area contributed by atoms with E-state index in [-0.39, 0.29) is 6.61 Å². The van der Waals surface area contributed by atoms with E-state index < -0.39 is 44.2 Å². The second-order valence-corrected chi connectivity index (χ2v) is 5.76. The highest BCUT2D eigenvalue weighted by Crippen LogP contribution is 2.20. The molecule has 1 saturated heterocycles. The molecule has 0 spiro atoms. The number of carbonyl (C=O) groups excluding carboxylic acids is 1. The van der Waals surface area contributed by atoms with Crippen LogP contribution in [0.2, 0.25) is 0 Å². The molecule has 6 nitrogen and oxygen atoms in total. The van der Waals surface area contributed by atoms with Crippen molar-refractivity contribution in [1.29, 1.82) is 0 Å². The summed E-state index contributed by atoms with van der Waals surface area (Å²) in [6, 6.07) is 1.05. The predicted octanol–water partition coefficient (Wildman–Crippen LogP) is 0.558. The highest BCUT2D eigenvalue weighted by molar-refractivity contribution is 7.89. The van der Waals surface area contributed by atoms with Crippen LogP contribution >= 0.6 is 0 Å². The fourth-order valence-electron chi connectivity index (χ4n) is 1.70. The summed E-state index contributed by atoms with van der Waals surface area (Å²) < 4.78 is 59.0. The Morgan fingerprint density at radius 1 is 1.40 bits per heavy atom. The number of esters is 1. The molecule has 1 aliphatic heterocycles. The van der Waals surface area contributed by atoms with Gasteiger partial charge in [0.2, 0.25) is 10.0 Å². The third-order valence-electron chi connectivity index (χ3n) is 2.71. The minimum atomic E-state index is -4.26. The van der Waals surface area contributed by atoms with Crippen LogP contribution in [0.15, 0.2) is 17.0 Å². The van der Waals surface area contributed by atoms with Crippen molar-refractivity contribution < 1.29 is 31.5 Å². The fourth-order valence-corrected chi connectivity index (χ4v) is 2.25. The summed E-state index contributed by atoms with van der Waals surface area (Å²) in [5.41, 5.74) is -0.819. The van der Waals surface area contributed by atoms with Gasteiger partial charge in [0.1, 0.15) is 6.10 Å². The van der Waals surface area contributed by atoms with Gasteiger partial charge in [0.15, 0.2) is 11.6 Å². The van der Waals surface area contributed by atoms with E-state index in [1.54, 1.807) is 0 Å². The highest BCUT2D eigenvalue weighted by Gasteiger charge is 2.26. The molecular formula is C11H11F2NO5S. The summed E-state index contributed by atoms with van der Waals surface area (Å²) >= 11 is 0. The number of primary sulfonamides is 1. The van der Waals surface area contributed by atoms with E-state index >= 15 is 0 Å². The van der Waals surface area contributed by atoms with Crippen LogP contribution < -0.4 is 5.14 Å². The van der Waals surface area contributed by atoms with E-state index in [0.29, 0.717) is 25.2 Å². The standard InChI is InChI=1S/C11H11F2NO5S/c12-9-4-7(20(14,16)17)3-8(10(9)13)11(15)19-6-1-2-18-5-6/h3-4,6H,1-2,5H2,(H2,14,16,17). The molecule has 1 heterocycles. The highest BCUT2D eigenvalue weighted by atomic mass is 32.2. The van der Waals surface area contributed by atoms with Gasteiger partial charge in [-0.2, -0.15) is 0 Å². The number of carbonyl (C=O) groups is 1. The van der Waals surface area contributed by atoms with Gasteiger partial charge in [-0.05, 0) is 12.1 Å². The van der Waals surface area contributed by atoms with Crippen molar-refractivity contribution in [3.63, 3.8) is 0 Å². The summed E-state index contributed by atoms with van der Waals surface area (Å²) in [6.07, 6.45) is -0.131. The normalized spacial score (nSPS) is 19.1. The molecule has 110 valence electrons. The maximum atomic E-state index is 13.6. The van der Waals surface area contributed by atoms with E-state index in [2.05, 4.69) is 0 Å². The molecule has 0 radical (unpaired) electrons. The van der Waals surface area contributed by atoms with E-state index in [0.717, 1.165) is 0 Å². The van der Waals surface area contributed by atoms with E-state index in [1.807, 2.05) is 0 Å². The van der Waals surface area contributed by atoms with E-state index in [9.17, 15) is 22.0 Å². The van der Waals surface area contributed by atoms with Gasteiger partial charge in [-0.15, -0.1) is 0 Å². The molecule has 2 N–H and O–H groups in total. The number of halogens is 2. The molecular weight excluding hydrogens is 296 g/mol. The Kier molecular flexibility index (Phi) is 4.02. The molecule has 0 amide bonds. The Bertz CT molecular complexity index is 640. The number of rotatable bonds is 3. The predicted molar refractivity (Wildman–Crippen MR) is 62.4 cm³/mol. The number of hydrogen-bond donors (Lipinski definition) is 1. The van der Waals surface area contributed by atoms with Crippen molar-refractivity contribution in [2.75, 3.05) is 13.2 Å². The summed E-state index contributed by atoms with van der Waals surface area (Å²) in [5.74, 6) is -4.14. The number of nitrogens with two attached hydrogens (primary N) is 1. The Hall–Kier alpha value is -1.58. The van der Waals surface area contributed by atoms with Gasteiger partial charge in [-0.1, -0.05) is 0 Å². The minimum Gasteiger partial charge on any atom is -0.456 e. The maximum Gasteiger partial charge on any atom is 0.341 e. The fraction of sp³-hybridized carbons (Fsp3) is 0.364. The van der Waals surface area contributed by atoms with Crippen LogP contribution in [-0.4, -0.2) is 33.7 Å². The second kappa shape index (κ2) is 5.43. The molecule has 2 rings (SSSR count). The average Bonchev–Trinajstić information content (AvgIpc) is 2.83. The summed E-state index contributed by atoms with van der Waals surface area (Å²) in [4.78, 5) is 11.0. The lowest BCUT2D eigenvalue weighted by Gasteiger charge is -2.11. The SMILES string of the molecule is NS(=O)(=O)c1cc(F)c(F)c(C(=O)OC2CCOC2)c1. The Balaban J connectivity index is 2.34. The third kappa shape index (κ3) is 3.11.